The molecule has 0 aliphatic heterocycles. The van der Waals surface area contributed by atoms with E-state index in [4.69, 9.17) is 26.2 Å². The summed E-state index contributed by atoms with van der Waals surface area (Å²) in [6.45, 7) is 0.893. The first-order valence-corrected chi connectivity index (χ1v) is 6.74. The number of methoxy groups -OCH3 is 1. The minimum absolute atomic E-state index is 0.143. The van der Waals surface area contributed by atoms with Gasteiger partial charge < -0.3 is 14.6 Å². The molecule has 0 atom stereocenters. The van der Waals surface area contributed by atoms with Crippen LogP contribution in [0.1, 0.15) is 10.4 Å². The minimum atomic E-state index is -1.02. The SMILES string of the molecule is COCCOc1ccccc1-c1cc(Cl)cc(C(=O)O)c1. The van der Waals surface area contributed by atoms with Crippen molar-refractivity contribution < 1.29 is 19.4 Å². The van der Waals surface area contributed by atoms with Gasteiger partial charge >= 0.3 is 5.97 Å². The van der Waals surface area contributed by atoms with Crippen LogP contribution in [0.4, 0.5) is 0 Å². The summed E-state index contributed by atoms with van der Waals surface area (Å²) in [7, 11) is 1.60. The van der Waals surface area contributed by atoms with Gasteiger partial charge in [0.1, 0.15) is 12.4 Å². The minimum Gasteiger partial charge on any atom is -0.491 e. The van der Waals surface area contributed by atoms with E-state index in [0.717, 1.165) is 5.56 Å². The van der Waals surface area contributed by atoms with Gasteiger partial charge in [-0.15, -0.1) is 0 Å². The number of hydrogen-bond donors (Lipinski definition) is 1. The number of carboxylic acids is 1. The van der Waals surface area contributed by atoms with Crippen LogP contribution in [0.15, 0.2) is 42.5 Å². The van der Waals surface area contributed by atoms with Crippen LogP contribution >= 0.6 is 11.6 Å². The number of aromatic carboxylic acids is 1. The topological polar surface area (TPSA) is 55.8 Å². The molecule has 0 radical (unpaired) electrons. The number of rotatable bonds is 6. The molecular weight excluding hydrogens is 292 g/mol. The van der Waals surface area contributed by atoms with Crippen LogP contribution in [0.25, 0.3) is 11.1 Å². The molecule has 0 amide bonds. The molecule has 0 saturated carbocycles. The second-order valence-corrected chi connectivity index (χ2v) is 4.81. The summed E-state index contributed by atoms with van der Waals surface area (Å²) in [6, 6.07) is 12.1. The Morgan fingerprint density at radius 2 is 1.95 bits per heavy atom. The average molecular weight is 307 g/mol. The van der Waals surface area contributed by atoms with Gasteiger partial charge in [0.2, 0.25) is 0 Å². The van der Waals surface area contributed by atoms with Crippen molar-refractivity contribution in [2.75, 3.05) is 20.3 Å². The summed E-state index contributed by atoms with van der Waals surface area (Å²) < 4.78 is 10.6. The van der Waals surface area contributed by atoms with E-state index < -0.39 is 5.97 Å². The highest BCUT2D eigenvalue weighted by molar-refractivity contribution is 6.31. The molecule has 0 saturated heterocycles. The number of hydrogen-bond acceptors (Lipinski definition) is 3. The van der Waals surface area contributed by atoms with E-state index in [2.05, 4.69) is 0 Å². The lowest BCUT2D eigenvalue weighted by molar-refractivity contribution is 0.0697. The molecule has 0 bridgehead atoms. The quantitative estimate of drug-likeness (QED) is 0.826. The van der Waals surface area contributed by atoms with Crippen LogP contribution in [0.2, 0.25) is 5.02 Å². The van der Waals surface area contributed by atoms with Gasteiger partial charge in [-0.25, -0.2) is 4.79 Å². The second-order valence-electron chi connectivity index (χ2n) is 4.37. The van der Waals surface area contributed by atoms with E-state index in [1.54, 1.807) is 19.2 Å². The maximum Gasteiger partial charge on any atom is 0.335 e. The third-order valence-corrected chi connectivity index (χ3v) is 3.11. The Morgan fingerprint density at radius 3 is 2.67 bits per heavy atom. The maximum atomic E-state index is 11.1. The molecule has 2 rings (SSSR count). The standard InChI is InChI=1S/C16H15ClO4/c1-20-6-7-21-15-5-3-2-4-14(15)11-8-12(16(18)19)10-13(17)9-11/h2-5,8-10H,6-7H2,1H3,(H,18,19). The predicted molar refractivity (Wildman–Crippen MR) is 81.2 cm³/mol. The molecule has 0 fully saturated rings. The molecule has 0 aliphatic carbocycles. The Morgan fingerprint density at radius 1 is 1.19 bits per heavy atom. The molecule has 2 aromatic carbocycles. The van der Waals surface area contributed by atoms with Crippen molar-refractivity contribution in [2.24, 2.45) is 0 Å². The van der Waals surface area contributed by atoms with Crippen LogP contribution in [0, 0.1) is 0 Å². The van der Waals surface area contributed by atoms with Crippen molar-refractivity contribution >= 4 is 17.6 Å². The lowest BCUT2D eigenvalue weighted by atomic mass is 10.0. The molecule has 5 heteroatoms. The molecule has 1 N–H and O–H groups in total. The largest absolute Gasteiger partial charge is 0.491 e. The first kappa shape index (κ1) is 15.4. The molecule has 0 aromatic heterocycles. The van der Waals surface area contributed by atoms with Crippen LogP contribution in [-0.4, -0.2) is 31.4 Å². The summed E-state index contributed by atoms with van der Waals surface area (Å²) in [6.07, 6.45) is 0. The van der Waals surface area contributed by atoms with Crippen molar-refractivity contribution in [1.82, 2.24) is 0 Å². The van der Waals surface area contributed by atoms with Crippen molar-refractivity contribution in [3.05, 3.63) is 53.1 Å². The summed E-state index contributed by atoms with van der Waals surface area (Å²) in [5.41, 5.74) is 1.63. The van der Waals surface area contributed by atoms with Gasteiger partial charge in [-0.1, -0.05) is 29.8 Å². The van der Waals surface area contributed by atoms with Gasteiger partial charge in [-0.3, -0.25) is 0 Å². The Hall–Kier alpha value is -2.04. The molecule has 0 heterocycles. The highest BCUT2D eigenvalue weighted by Crippen LogP contribution is 2.32. The van der Waals surface area contributed by atoms with Crippen LogP contribution in [0.3, 0.4) is 0 Å². The van der Waals surface area contributed by atoms with E-state index in [1.807, 2.05) is 24.3 Å². The van der Waals surface area contributed by atoms with Crippen molar-refractivity contribution in [1.29, 1.82) is 0 Å². The molecule has 0 spiro atoms. The zero-order valence-corrected chi connectivity index (χ0v) is 12.3. The summed E-state index contributed by atoms with van der Waals surface area (Å²) in [4.78, 5) is 11.1. The van der Waals surface area contributed by atoms with Crippen LogP contribution in [-0.2, 0) is 4.74 Å². The van der Waals surface area contributed by atoms with Crippen LogP contribution in [0.5, 0.6) is 5.75 Å². The fraction of sp³-hybridized carbons (Fsp3) is 0.188. The predicted octanol–water partition coefficient (Wildman–Crippen LogP) is 3.73. The van der Waals surface area contributed by atoms with E-state index in [-0.39, 0.29) is 5.56 Å². The first-order chi connectivity index (χ1) is 10.1. The summed E-state index contributed by atoms with van der Waals surface area (Å²) in [5, 5.41) is 9.49. The Balaban J connectivity index is 2.39. The number of halogens is 1. The van der Waals surface area contributed by atoms with Crippen molar-refractivity contribution in [3.63, 3.8) is 0 Å². The number of para-hydroxylation sites is 1. The Bertz CT molecular complexity index is 640. The lowest BCUT2D eigenvalue weighted by Gasteiger charge is -2.12. The van der Waals surface area contributed by atoms with Gasteiger partial charge in [-0.05, 0) is 29.8 Å². The molecule has 2 aromatic rings. The molecule has 110 valence electrons. The molecule has 21 heavy (non-hydrogen) atoms. The average Bonchev–Trinajstić information content (AvgIpc) is 2.47. The fourth-order valence-corrected chi connectivity index (χ4v) is 2.17. The Labute approximate surface area is 127 Å². The zero-order valence-electron chi connectivity index (χ0n) is 11.5. The normalized spacial score (nSPS) is 10.4. The number of benzene rings is 2. The van der Waals surface area contributed by atoms with Gasteiger partial charge in [0.05, 0.1) is 12.2 Å². The highest BCUT2D eigenvalue weighted by atomic mass is 35.5. The van der Waals surface area contributed by atoms with Gasteiger partial charge in [0.25, 0.3) is 0 Å². The smallest absolute Gasteiger partial charge is 0.335 e. The third-order valence-electron chi connectivity index (χ3n) is 2.89. The van der Waals surface area contributed by atoms with Crippen LogP contribution < -0.4 is 4.74 Å². The van der Waals surface area contributed by atoms with E-state index in [9.17, 15) is 4.79 Å². The summed E-state index contributed by atoms with van der Waals surface area (Å²) >= 11 is 6.00. The fourth-order valence-electron chi connectivity index (χ4n) is 1.93. The maximum absolute atomic E-state index is 11.1. The lowest BCUT2D eigenvalue weighted by Crippen LogP contribution is -2.05. The summed E-state index contributed by atoms with van der Waals surface area (Å²) in [5.74, 6) is -0.357. The van der Waals surface area contributed by atoms with E-state index >= 15 is 0 Å². The van der Waals surface area contributed by atoms with Crippen molar-refractivity contribution in [3.8, 4) is 16.9 Å². The number of carboxylic acid groups (broad SMARTS) is 1. The second kappa shape index (κ2) is 7.11. The zero-order chi connectivity index (χ0) is 15.2. The van der Waals surface area contributed by atoms with E-state index in [0.29, 0.717) is 29.5 Å². The highest BCUT2D eigenvalue weighted by Gasteiger charge is 2.11. The molecular formula is C16H15ClO4. The van der Waals surface area contributed by atoms with Gasteiger partial charge in [-0.2, -0.15) is 0 Å². The molecule has 0 aliphatic rings. The monoisotopic (exact) mass is 306 g/mol. The molecule has 0 unspecified atom stereocenters. The third kappa shape index (κ3) is 3.97. The molecule has 4 nitrogen and oxygen atoms in total. The number of ether oxygens (including phenoxy) is 2. The van der Waals surface area contributed by atoms with Gasteiger partial charge in [0.15, 0.2) is 0 Å². The van der Waals surface area contributed by atoms with E-state index in [1.165, 1.54) is 6.07 Å². The Kier molecular flexibility index (Phi) is 5.20. The van der Waals surface area contributed by atoms with Crippen molar-refractivity contribution in [2.45, 2.75) is 0 Å². The first-order valence-electron chi connectivity index (χ1n) is 6.37. The number of carbonyl (C=O) groups is 1. The van der Waals surface area contributed by atoms with Gasteiger partial charge in [0, 0.05) is 17.7 Å².